The lowest BCUT2D eigenvalue weighted by Crippen LogP contribution is -2.34. The Morgan fingerprint density at radius 3 is 2.12 bits per heavy atom. The van der Waals surface area contributed by atoms with E-state index in [4.69, 9.17) is 4.74 Å². The molecule has 94 valence electrons. The maximum Gasteiger partial charge on any atom is 0.198 e. The van der Waals surface area contributed by atoms with E-state index in [2.05, 4.69) is 9.24 Å². The average Bonchev–Trinajstić information content (AvgIpc) is 2.26. The van der Waals surface area contributed by atoms with Gasteiger partial charge in [0.2, 0.25) is 0 Å². The van der Waals surface area contributed by atoms with Crippen LogP contribution >= 0.6 is 9.24 Å². The summed E-state index contributed by atoms with van der Waals surface area (Å²) in [6.07, 6.45) is 0.639. The van der Waals surface area contributed by atoms with Crippen LogP contribution < -0.4 is 0 Å². The molecule has 0 spiro atoms. The molecular weight excluding hydrogens is 231 g/mol. The summed E-state index contributed by atoms with van der Waals surface area (Å²) in [5.41, 5.74) is 4.00. The lowest BCUT2D eigenvalue weighted by atomic mass is 9.93. The first-order valence-corrected chi connectivity index (χ1v) is 6.40. The van der Waals surface area contributed by atoms with Crippen molar-refractivity contribution in [1.29, 1.82) is 0 Å². The van der Waals surface area contributed by atoms with E-state index in [9.17, 15) is 4.79 Å². The van der Waals surface area contributed by atoms with Gasteiger partial charge in [-0.2, -0.15) is 0 Å². The van der Waals surface area contributed by atoms with Crippen LogP contribution in [0.15, 0.2) is 12.1 Å². The number of benzene rings is 1. The van der Waals surface area contributed by atoms with Gasteiger partial charge in [-0.3, -0.25) is 4.79 Å². The quantitative estimate of drug-likeness (QED) is 0.606. The van der Waals surface area contributed by atoms with Gasteiger partial charge in [0.1, 0.15) is 5.34 Å². The minimum Gasteiger partial charge on any atom is -0.366 e. The van der Waals surface area contributed by atoms with Crippen molar-refractivity contribution in [3.63, 3.8) is 0 Å². The monoisotopic (exact) mass is 252 g/mol. The predicted octanol–water partition coefficient (Wildman–Crippen LogP) is 3.42. The molecule has 2 atom stereocenters. The van der Waals surface area contributed by atoms with E-state index in [-0.39, 0.29) is 5.78 Å². The second kappa shape index (κ2) is 5.29. The van der Waals surface area contributed by atoms with Gasteiger partial charge in [0, 0.05) is 12.7 Å². The first kappa shape index (κ1) is 14.3. The summed E-state index contributed by atoms with van der Waals surface area (Å²) < 4.78 is 5.36. The maximum absolute atomic E-state index is 12.5. The SMILES string of the molecule is CC[C@](P)(OC)C(=O)c1c(C)cc(C)cc1C. The Kier molecular flexibility index (Phi) is 4.46. The van der Waals surface area contributed by atoms with Crippen LogP contribution in [0.1, 0.15) is 40.4 Å². The van der Waals surface area contributed by atoms with Crippen molar-refractivity contribution < 1.29 is 9.53 Å². The van der Waals surface area contributed by atoms with Gasteiger partial charge in [-0.25, -0.2) is 0 Å². The molecule has 0 saturated heterocycles. The summed E-state index contributed by atoms with van der Waals surface area (Å²) in [4.78, 5) is 12.5. The normalized spacial score (nSPS) is 14.5. The summed E-state index contributed by atoms with van der Waals surface area (Å²) >= 11 is 0. The minimum absolute atomic E-state index is 0.0440. The summed E-state index contributed by atoms with van der Waals surface area (Å²) in [5, 5.41) is -0.801. The molecule has 0 aliphatic rings. The predicted molar refractivity (Wildman–Crippen MR) is 74.7 cm³/mol. The number of ketones is 1. The molecule has 0 bridgehead atoms. The molecule has 3 heteroatoms. The molecular formula is C14H21O2P. The molecule has 1 unspecified atom stereocenters. The highest BCUT2D eigenvalue weighted by Crippen LogP contribution is 2.31. The van der Waals surface area contributed by atoms with E-state index >= 15 is 0 Å². The van der Waals surface area contributed by atoms with Crippen molar-refractivity contribution >= 4 is 15.0 Å². The Balaban J connectivity index is 3.30. The van der Waals surface area contributed by atoms with E-state index in [1.807, 2.05) is 39.8 Å². The van der Waals surface area contributed by atoms with Crippen LogP contribution in [0.2, 0.25) is 0 Å². The number of rotatable bonds is 4. The summed E-state index contributed by atoms with van der Waals surface area (Å²) in [6, 6.07) is 4.08. The molecule has 17 heavy (non-hydrogen) atoms. The highest BCUT2D eigenvalue weighted by molar-refractivity contribution is 7.20. The van der Waals surface area contributed by atoms with E-state index in [0.717, 1.165) is 16.7 Å². The molecule has 0 saturated carbocycles. The van der Waals surface area contributed by atoms with E-state index < -0.39 is 5.34 Å². The fraction of sp³-hybridized carbons (Fsp3) is 0.500. The molecule has 0 amide bonds. The number of Topliss-reactive ketones (excluding diaryl/α,β-unsaturated/α-hetero) is 1. The number of hydrogen-bond donors (Lipinski definition) is 0. The third-order valence-corrected chi connectivity index (χ3v) is 4.08. The van der Waals surface area contributed by atoms with Gasteiger partial charge in [-0.05, 0) is 38.3 Å². The van der Waals surface area contributed by atoms with Crippen molar-refractivity contribution in [3.8, 4) is 0 Å². The molecule has 0 fully saturated rings. The number of methoxy groups -OCH3 is 1. The minimum atomic E-state index is -0.801. The van der Waals surface area contributed by atoms with Crippen LogP contribution in [0.5, 0.6) is 0 Å². The maximum atomic E-state index is 12.5. The Labute approximate surface area is 106 Å². The highest BCUT2D eigenvalue weighted by Gasteiger charge is 2.33. The van der Waals surface area contributed by atoms with Gasteiger partial charge in [0.25, 0.3) is 0 Å². The summed E-state index contributed by atoms with van der Waals surface area (Å²) in [5.74, 6) is 0.0440. The molecule has 0 aromatic heterocycles. The third kappa shape index (κ3) is 2.75. The summed E-state index contributed by atoms with van der Waals surface area (Å²) in [7, 11) is 4.12. The van der Waals surface area contributed by atoms with Gasteiger partial charge in [0.15, 0.2) is 5.78 Å². The second-order valence-electron chi connectivity index (χ2n) is 4.55. The Bertz CT molecular complexity index is 411. The molecule has 0 heterocycles. The zero-order valence-corrected chi connectivity index (χ0v) is 12.4. The number of aryl methyl sites for hydroxylation is 3. The average molecular weight is 252 g/mol. The molecule has 1 aromatic rings. The van der Waals surface area contributed by atoms with Gasteiger partial charge in [0.05, 0.1) is 0 Å². The van der Waals surface area contributed by atoms with Crippen LogP contribution in [0.4, 0.5) is 0 Å². The Hall–Kier alpha value is -0.720. The first-order valence-electron chi connectivity index (χ1n) is 5.82. The number of hydrogen-bond acceptors (Lipinski definition) is 2. The van der Waals surface area contributed by atoms with Crippen LogP contribution in [0.3, 0.4) is 0 Å². The second-order valence-corrected chi connectivity index (χ2v) is 5.48. The lowest BCUT2D eigenvalue weighted by molar-refractivity contribution is 0.0458. The highest BCUT2D eigenvalue weighted by atomic mass is 31.0. The molecule has 2 nitrogen and oxygen atoms in total. The zero-order chi connectivity index (χ0) is 13.2. The number of carbonyl (C=O) groups is 1. The molecule has 0 aliphatic heterocycles. The van der Waals surface area contributed by atoms with Crippen molar-refractivity contribution in [1.82, 2.24) is 0 Å². The van der Waals surface area contributed by atoms with Gasteiger partial charge in [-0.1, -0.05) is 33.9 Å². The molecule has 0 aliphatic carbocycles. The smallest absolute Gasteiger partial charge is 0.198 e. The van der Waals surface area contributed by atoms with Crippen LogP contribution in [-0.2, 0) is 4.74 Å². The fourth-order valence-corrected chi connectivity index (χ4v) is 2.29. The van der Waals surface area contributed by atoms with E-state index in [1.165, 1.54) is 5.56 Å². The van der Waals surface area contributed by atoms with E-state index in [0.29, 0.717) is 6.42 Å². The Morgan fingerprint density at radius 1 is 1.29 bits per heavy atom. The molecule has 0 N–H and O–H groups in total. The van der Waals surface area contributed by atoms with Gasteiger partial charge >= 0.3 is 0 Å². The standard InChI is InChI=1S/C14H21O2P/c1-6-14(17,16-5)13(15)12-10(3)7-9(2)8-11(12)4/h7-8H,6,17H2,1-5H3/t14-/m1/s1. The fourth-order valence-electron chi connectivity index (χ4n) is 2.15. The van der Waals surface area contributed by atoms with Crippen molar-refractivity contribution in [2.45, 2.75) is 39.5 Å². The van der Waals surface area contributed by atoms with E-state index in [1.54, 1.807) is 7.11 Å². The number of carbonyl (C=O) groups excluding carboxylic acids is 1. The Morgan fingerprint density at radius 2 is 1.76 bits per heavy atom. The van der Waals surface area contributed by atoms with Crippen LogP contribution in [-0.4, -0.2) is 18.2 Å². The number of ether oxygens (including phenoxy) is 1. The first-order chi connectivity index (χ1) is 7.85. The van der Waals surface area contributed by atoms with Crippen LogP contribution in [0, 0.1) is 20.8 Å². The largest absolute Gasteiger partial charge is 0.366 e. The van der Waals surface area contributed by atoms with Gasteiger partial charge < -0.3 is 4.74 Å². The van der Waals surface area contributed by atoms with Crippen molar-refractivity contribution in [2.24, 2.45) is 0 Å². The molecule has 1 aromatic carbocycles. The summed E-state index contributed by atoms with van der Waals surface area (Å²) in [6.45, 7) is 7.94. The topological polar surface area (TPSA) is 26.3 Å². The van der Waals surface area contributed by atoms with Crippen LogP contribution in [0.25, 0.3) is 0 Å². The van der Waals surface area contributed by atoms with Crippen molar-refractivity contribution in [2.75, 3.05) is 7.11 Å². The lowest BCUT2D eigenvalue weighted by Gasteiger charge is -2.26. The zero-order valence-electron chi connectivity index (χ0n) is 11.3. The molecule has 1 rings (SSSR count). The third-order valence-electron chi connectivity index (χ3n) is 3.18. The van der Waals surface area contributed by atoms with Crippen molar-refractivity contribution in [3.05, 3.63) is 34.4 Å². The molecule has 0 radical (unpaired) electrons. The van der Waals surface area contributed by atoms with Gasteiger partial charge in [-0.15, -0.1) is 0 Å².